The lowest BCUT2D eigenvalue weighted by molar-refractivity contribution is -0.147. The third-order valence-corrected chi connectivity index (χ3v) is 5.04. The minimum atomic E-state index is -0.968. The van der Waals surface area contributed by atoms with Gasteiger partial charge in [0, 0.05) is 25.0 Å². The molecule has 1 aromatic rings. The van der Waals surface area contributed by atoms with Crippen molar-refractivity contribution >= 4 is 23.6 Å². The van der Waals surface area contributed by atoms with Crippen LogP contribution in [0.25, 0.3) is 0 Å². The molecule has 2 unspecified atom stereocenters. The van der Waals surface area contributed by atoms with E-state index in [2.05, 4.69) is 6.07 Å². The van der Waals surface area contributed by atoms with E-state index in [-0.39, 0.29) is 17.8 Å². The smallest absolute Gasteiger partial charge is 0.326 e. The van der Waals surface area contributed by atoms with Gasteiger partial charge < -0.3 is 14.7 Å². The average Bonchev–Trinajstić information content (AvgIpc) is 2.90. The summed E-state index contributed by atoms with van der Waals surface area (Å²) in [5.74, 6) is -0.884. The highest BCUT2D eigenvalue weighted by Crippen LogP contribution is 2.26. The Morgan fingerprint density at radius 1 is 1.41 bits per heavy atom. The molecule has 1 aliphatic rings. The normalized spacial score (nSPS) is 21.1. The molecule has 0 bridgehead atoms. The Bertz CT molecular complexity index is 575. The quantitative estimate of drug-likeness (QED) is 0.841. The number of hydrogen-bond acceptors (Lipinski definition) is 4. The second-order valence-electron chi connectivity index (χ2n) is 5.55. The van der Waals surface area contributed by atoms with Crippen molar-refractivity contribution in [3.8, 4) is 0 Å². The summed E-state index contributed by atoms with van der Waals surface area (Å²) in [6.45, 7) is 4.38. The van der Waals surface area contributed by atoms with E-state index in [1.165, 1.54) is 22.2 Å². The second kappa shape index (κ2) is 7.15. The minimum absolute atomic E-state index is 0.156. The van der Waals surface area contributed by atoms with Gasteiger partial charge in [-0.25, -0.2) is 4.79 Å². The van der Waals surface area contributed by atoms with Gasteiger partial charge in [-0.15, -0.1) is 11.8 Å². The zero-order valence-corrected chi connectivity index (χ0v) is 13.9. The molecule has 6 heteroatoms. The van der Waals surface area contributed by atoms with Crippen LogP contribution in [0.1, 0.15) is 17.5 Å². The van der Waals surface area contributed by atoms with Gasteiger partial charge in [0.2, 0.25) is 5.91 Å². The molecule has 1 fully saturated rings. The summed E-state index contributed by atoms with van der Waals surface area (Å²) in [4.78, 5) is 26.1. The number of benzene rings is 1. The first-order valence-corrected chi connectivity index (χ1v) is 8.16. The standard InChI is InChI=1S/C16H21NO4S/c1-10-4-5-14(11(2)6-10)22-9-15(18)17-8-12(21-3)7-13(17)16(19)20/h4-6,12-13H,7-9H2,1-3H3,(H,19,20). The van der Waals surface area contributed by atoms with E-state index >= 15 is 0 Å². The van der Waals surface area contributed by atoms with Crippen LogP contribution in [0.4, 0.5) is 0 Å². The van der Waals surface area contributed by atoms with Crippen LogP contribution < -0.4 is 0 Å². The van der Waals surface area contributed by atoms with Crippen LogP contribution in [-0.2, 0) is 14.3 Å². The fourth-order valence-corrected chi connectivity index (χ4v) is 3.56. The van der Waals surface area contributed by atoms with E-state index in [0.29, 0.717) is 13.0 Å². The number of carbonyl (C=O) groups excluding carboxylic acids is 1. The Kier molecular flexibility index (Phi) is 5.47. The maximum atomic E-state index is 12.4. The summed E-state index contributed by atoms with van der Waals surface area (Å²) >= 11 is 1.45. The van der Waals surface area contributed by atoms with E-state index in [9.17, 15) is 14.7 Å². The van der Waals surface area contributed by atoms with E-state index in [1.807, 2.05) is 26.0 Å². The number of methoxy groups -OCH3 is 1. The summed E-state index contributed by atoms with van der Waals surface area (Å²) in [5.41, 5.74) is 2.31. The van der Waals surface area contributed by atoms with Crippen molar-refractivity contribution in [2.45, 2.75) is 37.3 Å². The topological polar surface area (TPSA) is 66.8 Å². The Morgan fingerprint density at radius 3 is 2.73 bits per heavy atom. The number of carbonyl (C=O) groups is 2. The zero-order chi connectivity index (χ0) is 16.3. The molecular formula is C16H21NO4S. The summed E-state index contributed by atoms with van der Waals surface area (Å²) < 4.78 is 5.20. The van der Waals surface area contributed by atoms with Crippen LogP contribution in [0.15, 0.2) is 23.1 Å². The highest BCUT2D eigenvalue weighted by Gasteiger charge is 2.39. The third kappa shape index (κ3) is 3.81. The number of aryl methyl sites for hydroxylation is 2. The van der Waals surface area contributed by atoms with Crippen molar-refractivity contribution in [1.82, 2.24) is 4.90 Å². The average molecular weight is 323 g/mol. The summed E-state index contributed by atoms with van der Waals surface area (Å²) in [6, 6.07) is 5.30. The van der Waals surface area contributed by atoms with Gasteiger partial charge >= 0.3 is 5.97 Å². The van der Waals surface area contributed by atoms with Crippen molar-refractivity contribution in [2.24, 2.45) is 0 Å². The Hall–Kier alpha value is -1.53. The molecule has 0 aromatic heterocycles. The fraction of sp³-hybridized carbons (Fsp3) is 0.500. The van der Waals surface area contributed by atoms with E-state index in [4.69, 9.17) is 4.74 Å². The molecule has 0 saturated carbocycles. The molecule has 1 amide bonds. The van der Waals surface area contributed by atoms with Gasteiger partial charge in [0.15, 0.2) is 0 Å². The number of rotatable bonds is 5. The lowest BCUT2D eigenvalue weighted by Gasteiger charge is -2.21. The van der Waals surface area contributed by atoms with E-state index in [0.717, 1.165) is 10.5 Å². The first-order valence-electron chi connectivity index (χ1n) is 7.17. The predicted octanol–water partition coefficient (Wildman–Crippen LogP) is 2.10. The van der Waals surface area contributed by atoms with Crippen LogP contribution in [0.2, 0.25) is 0 Å². The maximum Gasteiger partial charge on any atom is 0.326 e. The zero-order valence-electron chi connectivity index (χ0n) is 13.0. The fourth-order valence-electron chi connectivity index (χ4n) is 2.66. The number of thioether (sulfide) groups is 1. The number of aliphatic carboxylic acids is 1. The van der Waals surface area contributed by atoms with Crippen molar-refractivity contribution in [3.05, 3.63) is 29.3 Å². The Balaban J connectivity index is 2.00. The number of likely N-dealkylation sites (tertiary alicyclic amines) is 1. The van der Waals surface area contributed by atoms with Gasteiger partial charge in [-0.3, -0.25) is 4.79 Å². The van der Waals surface area contributed by atoms with Gasteiger partial charge in [-0.05, 0) is 25.5 Å². The number of ether oxygens (including phenoxy) is 1. The molecule has 1 heterocycles. The molecule has 0 spiro atoms. The van der Waals surface area contributed by atoms with Gasteiger partial charge in [-0.2, -0.15) is 0 Å². The number of amides is 1. The number of carboxylic acid groups (broad SMARTS) is 1. The molecule has 2 rings (SSSR count). The van der Waals surface area contributed by atoms with Gasteiger partial charge in [0.05, 0.1) is 11.9 Å². The predicted molar refractivity (Wildman–Crippen MR) is 85.2 cm³/mol. The third-order valence-electron chi connectivity index (χ3n) is 3.88. The lowest BCUT2D eigenvalue weighted by atomic mass is 10.2. The molecular weight excluding hydrogens is 302 g/mol. The molecule has 1 aromatic carbocycles. The molecule has 2 atom stereocenters. The maximum absolute atomic E-state index is 12.4. The van der Waals surface area contributed by atoms with Crippen molar-refractivity contribution in [3.63, 3.8) is 0 Å². The van der Waals surface area contributed by atoms with Crippen LogP contribution >= 0.6 is 11.8 Å². The summed E-state index contributed by atoms with van der Waals surface area (Å²) in [5, 5.41) is 9.25. The monoisotopic (exact) mass is 323 g/mol. The van der Waals surface area contributed by atoms with Crippen molar-refractivity contribution in [1.29, 1.82) is 0 Å². The molecule has 0 radical (unpaired) electrons. The molecule has 1 saturated heterocycles. The number of nitrogens with zero attached hydrogens (tertiary/aromatic N) is 1. The molecule has 22 heavy (non-hydrogen) atoms. The van der Waals surface area contributed by atoms with Gasteiger partial charge in [0.1, 0.15) is 6.04 Å². The number of hydrogen-bond donors (Lipinski definition) is 1. The SMILES string of the molecule is COC1CC(C(=O)O)N(C(=O)CSc2ccc(C)cc2C)C1. The highest BCUT2D eigenvalue weighted by molar-refractivity contribution is 8.00. The van der Waals surface area contributed by atoms with Crippen LogP contribution in [0, 0.1) is 13.8 Å². The molecule has 5 nitrogen and oxygen atoms in total. The molecule has 1 N–H and O–H groups in total. The first kappa shape index (κ1) is 16.8. The van der Waals surface area contributed by atoms with Crippen molar-refractivity contribution in [2.75, 3.05) is 19.4 Å². The van der Waals surface area contributed by atoms with E-state index in [1.54, 1.807) is 7.11 Å². The lowest BCUT2D eigenvalue weighted by Crippen LogP contribution is -2.41. The minimum Gasteiger partial charge on any atom is -0.480 e. The summed E-state index contributed by atoms with van der Waals surface area (Å²) in [7, 11) is 1.54. The van der Waals surface area contributed by atoms with Gasteiger partial charge in [0.25, 0.3) is 0 Å². The van der Waals surface area contributed by atoms with Crippen LogP contribution in [0.5, 0.6) is 0 Å². The van der Waals surface area contributed by atoms with Crippen LogP contribution in [-0.4, -0.2) is 53.4 Å². The second-order valence-corrected chi connectivity index (χ2v) is 6.57. The molecule has 120 valence electrons. The largest absolute Gasteiger partial charge is 0.480 e. The van der Waals surface area contributed by atoms with E-state index < -0.39 is 12.0 Å². The van der Waals surface area contributed by atoms with Crippen molar-refractivity contribution < 1.29 is 19.4 Å². The Morgan fingerprint density at radius 2 is 2.14 bits per heavy atom. The Labute approximate surface area is 134 Å². The highest BCUT2D eigenvalue weighted by atomic mass is 32.2. The molecule has 1 aliphatic heterocycles. The molecule has 0 aliphatic carbocycles. The summed E-state index contributed by atoms with van der Waals surface area (Å²) in [6.07, 6.45) is 0.155. The number of carboxylic acids is 1. The first-order chi connectivity index (χ1) is 10.4. The van der Waals surface area contributed by atoms with Gasteiger partial charge in [-0.1, -0.05) is 17.7 Å². The van der Waals surface area contributed by atoms with Crippen LogP contribution in [0.3, 0.4) is 0 Å².